The van der Waals surface area contributed by atoms with E-state index in [1.807, 2.05) is 12.1 Å². The fourth-order valence-corrected chi connectivity index (χ4v) is 5.60. The molecular weight excluding hydrogens is 298 g/mol. The number of fused-ring (bicyclic) bond motifs is 7. The Morgan fingerprint density at radius 3 is 2.54 bits per heavy atom. The predicted octanol–water partition coefficient (Wildman–Crippen LogP) is 4.68. The molecule has 0 radical (unpaired) electrons. The number of hydrogen-bond acceptors (Lipinski definition) is 2. The Balaban J connectivity index is 1.58. The van der Waals surface area contributed by atoms with Gasteiger partial charge in [-0.3, -0.25) is 0 Å². The number of para-hydroxylation sites is 1. The Hall–Kier alpha value is -2.29. The highest BCUT2D eigenvalue weighted by Gasteiger charge is 2.53. The fourth-order valence-electron chi connectivity index (χ4n) is 5.60. The molecule has 5 rings (SSSR count). The highest BCUT2D eigenvalue weighted by molar-refractivity contribution is 5.87. The van der Waals surface area contributed by atoms with Crippen LogP contribution in [0.4, 0.5) is 5.69 Å². The van der Waals surface area contributed by atoms with E-state index in [2.05, 4.69) is 29.6 Å². The minimum atomic E-state index is -0.860. The first-order chi connectivity index (χ1) is 11.7. The van der Waals surface area contributed by atoms with Crippen LogP contribution in [-0.2, 0) is 0 Å². The number of hydrogen-bond donors (Lipinski definition) is 2. The molecule has 3 nitrogen and oxygen atoms in total. The van der Waals surface area contributed by atoms with Gasteiger partial charge in [0.25, 0.3) is 0 Å². The lowest BCUT2D eigenvalue weighted by molar-refractivity contribution is 0.0697. The summed E-state index contributed by atoms with van der Waals surface area (Å²) in [5.74, 6) is 2.05. The molecule has 0 unspecified atom stereocenters. The smallest absolute Gasteiger partial charge is 0.335 e. The number of aromatic carboxylic acids is 1. The molecule has 5 atom stereocenters. The third-order valence-electron chi connectivity index (χ3n) is 6.51. The maximum Gasteiger partial charge on any atom is 0.335 e. The van der Waals surface area contributed by atoms with E-state index in [9.17, 15) is 4.79 Å². The standard InChI is InChI=1S/C21H21NO2/c23-21(24)13-7-5-12(6-8-13)20-19-15-10-9-14(11-15)18(19)16-3-1-2-4-17(16)22-20/h1-8,14-15,18-20,22H,9-11H2,(H,23,24)/t14-,15-,18-,19+,20-/m0/s1. The van der Waals surface area contributed by atoms with Crippen LogP contribution in [0.15, 0.2) is 48.5 Å². The minimum Gasteiger partial charge on any atom is -0.478 e. The first kappa shape index (κ1) is 14.1. The van der Waals surface area contributed by atoms with E-state index in [0.717, 1.165) is 11.8 Å². The fraction of sp³-hybridized carbons (Fsp3) is 0.381. The van der Waals surface area contributed by atoms with E-state index in [0.29, 0.717) is 23.4 Å². The molecule has 3 aliphatic rings. The number of carboxylic acid groups (broad SMARTS) is 1. The molecular formula is C21H21NO2. The Bertz CT molecular complexity index is 798. The molecule has 1 heterocycles. The van der Waals surface area contributed by atoms with Crippen molar-refractivity contribution in [1.82, 2.24) is 0 Å². The van der Waals surface area contributed by atoms with Gasteiger partial charge in [0.1, 0.15) is 0 Å². The molecule has 3 heteroatoms. The van der Waals surface area contributed by atoms with Crippen LogP contribution >= 0.6 is 0 Å². The summed E-state index contributed by atoms with van der Waals surface area (Å²) in [4.78, 5) is 11.1. The molecule has 2 fully saturated rings. The Morgan fingerprint density at radius 1 is 1.00 bits per heavy atom. The summed E-state index contributed by atoms with van der Waals surface area (Å²) in [5.41, 5.74) is 4.34. The number of carboxylic acids is 1. The molecule has 0 spiro atoms. The Morgan fingerprint density at radius 2 is 1.75 bits per heavy atom. The average Bonchev–Trinajstić information content (AvgIpc) is 3.23. The van der Waals surface area contributed by atoms with Crippen molar-refractivity contribution in [3.63, 3.8) is 0 Å². The number of nitrogens with one attached hydrogen (secondary N) is 1. The second-order valence-corrected chi connectivity index (χ2v) is 7.57. The van der Waals surface area contributed by atoms with Crippen molar-refractivity contribution in [2.45, 2.75) is 31.2 Å². The summed E-state index contributed by atoms with van der Waals surface area (Å²) in [6.07, 6.45) is 4.07. The van der Waals surface area contributed by atoms with Crippen LogP contribution < -0.4 is 5.32 Å². The molecule has 2 aliphatic carbocycles. The van der Waals surface area contributed by atoms with Crippen molar-refractivity contribution in [1.29, 1.82) is 0 Å². The van der Waals surface area contributed by atoms with Crippen LogP contribution in [0, 0.1) is 17.8 Å². The zero-order chi connectivity index (χ0) is 16.3. The normalized spacial score (nSPS) is 32.8. The van der Waals surface area contributed by atoms with Gasteiger partial charge in [-0.25, -0.2) is 4.79 Å². The first-order valence-corrected chi connectivity index (χ1v) is 8.91. The average molecular weight is 319 g/mol. The molecule has 122 valence electrons. The van der Waals surface area contributed by atoms with Gasteiger partial charge in [-0.15, -0.1) is 0 Å². The lowest BCUT2D eigenvalue weighted by Gasteiger charge is -2.43. The summed E-state index contributed by atoms with van der Waals surface area (Å²) >= 11 is 0. The highest BCUT2D eigenvalue weighted by atomic mass is 16.4. The Kier molecular flexibility index (Phi) is 2.99. The van der Waals surface area contributed by atoms with Crippen LogP contribution in [0.1, 0.15) is 52.7 Å². The summed E-state index contributed by atoms with van der Waals surface area (Å²) in [6, 6.07) is 16.5. The summed E-state index contributed by atoms with van der Waals surface area (Å²) in [6.45, 7) is 0. The SMILES string of the molecule is O=C(O)c1ccc([C@@H]2Nc3ccccc3[C@@H]3[C@H]4CC[C@@H](C4)[C@H]32)cc1. The van der Waals surface area contributed by atoms with Crippen LogP contribution in [0.2, 0.25) is 0 Å². The van der Waals surface area contributed by atoms with Crippen LogP contribution in [0.25, 0.3) is 0 Å². The molecule has 0 aromatic heterocycles. The monoisotopic (exact) mass is 319 g/mol. The molecule has 0 saturated heterocycles. The van der Waals surface area contributed by atoms with E-state index in [1.54, 1.807) is 12.1 Å². The molecule has 1 aliphatic heterocycles. The van der Waals surface area contributed by atoms with E-state index < -0.39 is 5.97 Å². The van der Waals surface area contributed by atoms with Gasteiger partial charge < -0.3 is 10.4 Å². The van der Waals surface area contributed by atoms with E-state index in [-0.39, 0.29) is 0 Å². The summed E-state index contributed by atoms with van der Waals surface area (Å²) in [7, 11) is 0. The van der Waals surface area contributed by atoms with Crippen LogP contribution in [0.5, 0.6) is 0 Å². The van der Waals surface area contributed by atoms with Crippen LogP contribution in [0.3, 0.4) is 0 Å². The van der Waals surface area contributed by atoms with Crippen molar-refractivity contribution in [3.05, 3.63) is 65.2 Å². The molecule has 0 amide bonds. The second kappa shape index (κ2) is 5.10. The first-order valence-electron chi connectivity index (χ1n) is 8.91. The van der Waals surface area contributed by atoms with Crippen molar-refractivity contribution in [2.24, 2.45) is 17.8 Å². The van der Waals surface area contributed by atoms with Crippen molar-refractivity contribution >= 4 is 11.7 Å². The van der Waals surface area contributed by atoms with Crippen molar-refractivity contribution in [3.8, 4) is 0 Å². The molecule has 2 N–H and O–H groups in total. The third-order valence-corrected chi connectivity index (χ3v) is 6.51. The van der Waals surface area contributed by atoms with Gasteiger partial charge in [0.05, 0.1) is 11.6 Å². The van der Waals surface area contributed by atoms with Gasteiger partial charge >= 0.3 is 5.97 Å². The van der Waals surface area contributed by atoms with Gasteiger partial charge in [-0.1, -0.05) is 30.3 Å². The maximum absolute atomic E-state index is 11.1. The molecule has 2 saturated carbocycles. The van der Waals surface area contributed by atoms with Gasteiger partial charge in [0, 0.05) is 5.69 Å². The molecule has 2 bridgehead atoms. The lowest BCUT2D eigenvalue weighted by Crippen LogP contribution is -2.35. The summed E-state index contributed by atoms with van der Waals surface area (Å²) < 4.78 is 0. The van der Waals surface area contributed by atoms with Gasteiger partial charge in [0.2, 0.25) is 0 Å². The third kappa shape index (κ3) is 1.94. The number of rotatable bonds is 2. The van der Waals surface area contributed by atoms with E-state index in [4.69, 9.17) is 5.11 Å². The number of anilines is 1. The van der Waals surface area contributed by atoms with E-state index >= 15 is 0 Å². The largest absolute Gasteiger partial charge is 0.478 e. The second-order valence-electron chi connectivity index (χ2n) is 7.57. The lowest BCUT2D eigenvalue weighted by atomic mass is 9.68. The Labute approximate surface area is 141 Å². The van der Waals surface area contributed by atoms with Crippen LogP contribution in [-0.4, -0.2) is 11.1 Å². The van der Waals surface area contributed by atoms with Crippen molar-refractivity contribution in [2.75, 3.05) is 5.32 Å². The number of carbonyl (C=O) groups is 1. The highest BCUT2D eigenvalue weighted by Crippen LogP contribution is 2.63. The maximum atomic E-state index is 11.1. The van der Waals surface area contributed by atoms with Gasteiger partial charge in [-0.05, 0) is 72.3 Å². The van der Waals surface area contributed by atoms with Gasteiger partial charge in [-0.2, -0.15) is 0 Å². The quantitative estimate of drug-likeness (QED) is 0.845. The zero-order valence-corrected chi connectivity index (χ0v) is 13.5. The molecule has 24 heavy (non-hydrogen) atoms. The summed E-state index contributed by atoms with van der Waals surface area (Å²) in [5, 5.41) is 12.9. The van der Waals surface area contributed by atoms with E-state index in [1.165, 1.54) is 36.1 Å². The molecule has 2 aromatic rings. The zero-order valence-electron chi connectivity index (χ0n) is 13.5. The minimum absolute atomic E-state index is 0.294. The molecule has 2 aromatic carbocycles. The van der Waals surface area contributed by atoms with Gasteiger partial charge in [0.15, 0.2) is 0 Å². The number of benzene rings is 2. The predicted molar refractivity (Wildman–Crippen MR) is 93.3 cm³/mol. The van der Waals surface area contributed by atoms with Crippen molar-refractivity contribution < 1.29 is 9.90 Å². The topological polar surface area (TPSA) is 49.3 Å².